The predicted molar refractivity (Wildman–Crippen MR) is 122 cm³/mol. The second-order valence-corrected chi connectivity index (χ2v) is 8.74. The summed E-state index contributed by atoms with van der Waals surface area (Å²) in [6, 6.07) is 14.7. The van der Waals surface area contributed by atoms with Crippen LogP contribution in [-0.2, 0) is 14.3 Å². The first kappa shape index (κ1) is 20.7. The Bertz CT molecular complexity index is 1170. The summed E-state index contributed by atoms with van der Waals surface area (Å²) >= 11 is 6.17. The van der Waals surface area contributed by atoms with Gasteiger partial charge in [-0.15, -0.1) is 0 Å². The van der Waals surface area contributed by atoms with E-state index in [0.29, 0.717) is 5.69 Å². The van der Waals surface area contributed by atoms with Gasteiger partial charge >= 0.3 is 5.97 Å². The number of nitrogens with zero attached hydrogens (tertiary/aromatic N) is 1. The van der Waals surface area contributed by atoms with Crippen molar-refractivity contribution >= 4 is 40.6 Å². The number of rotatable bonds is 4. The van der Waals surface area contributed by atoms with Crippen molar-refractivity contribution in [3.8, 4) is 0 Å². The van der Waals surface area contributed by atoms with Gasteiger partial charge in [0, 0.05) is 11.8 Å². The summed E-state index contributed by atoms with van der Waals surface area (Å²) in [6.07, 6.45) is 4.13. The molecule has 1 saturated carbocycles. The van der Waals surface area contributed by atoms with Gasteiger partial charge in [0.05, 0.1) is 34.7 Å². The number of hydrogen-bond donors (Lipinski definition) is 0. The van der Waals surface area contributed by atoms with Crippen LogP contribution in [-0.4, -0.2) is 24.4 Å². The van der Waals surface area contributed by atoms with E-state index in [4.69, 9.17) is 16.3 Å². The molecule has 162 valence electrons. The van der Waals surface area contributed by atoms with Crippen molar-refractivity contribution in [2.45, 2.75) is 13.8 Å². The van der Waals surface area contributed by atoms with Gasteiger partial charge in [0.25, 0.3) is 0 Å². The first-order valence-electron chi connectivity index (χ1n) is 10.7. The Labute approximate surface area is 191 Å². The molecule has 2 aromatic carbocycles. The third kappa shape index (κ3) is 2.95. The monoisotopic (exact) mass is 447 g/mol. The van der Waals surface area contributed by atoms with Crippen LogP contribution in [0.2, 0.25) is 5.02 Å². The van der Waals surface area contributed by atoms with Gasteiger partial charge in [-0.25, -0.2) is 9.69 Å². The predicted octanol–water partition coefficient (Wildman–Crippen LogP) is 4.91. The third-order valence-corrected chi connectivity index (χ3v) is 7.09. The number of amides is 2. The Morgan fingerprint density at radius 3 is 2.22 bits per heavy atom. The third-order valence-electron chi connectivity index (χ3n) is 6.76. The zero-order chi connectivity index (χ0) is 22.6. The van der Waals surface area contributed by atoms with Crippen molar-refractivity contribution in [3.63, 3.8) is 0 Å². The number of allylic oxidation sites excluding steroid dienone is 4. The van der Waals surface area contributed by atoms with E-state index in [1.165, 1.54) is 17.0 Å². The molecule has 4 atom stereocenters. The normalized spacial score (nSPS) is 27.2. The number of benzene rings is 2. The molecule has 0 unspecified atom stereocenters. The van der Waals surface area contributed by atoms with Crippen LogP contribution in [0.5, 0.6) is 0 Å². The van der Waals surface area contributed by atoms with Crippen LogP contribution in [0.4, 0.5) is 5.69 Å². The lowest BCUT2D eigenvalue weighted by atomic mass is 9.85. The van der Waals surface area contributed by atoms with Crippen LogP contribution in [0.1, 0.15) is 29.8 Å². The molecule has 2 aliphatic carbocycles. The van der Waals surface area contributed by atoms with E-state index in [1.807, 2.05) is 18.2 Å². The molecule has 0 aromatic heterocycles. The number of ether oxygens (including phenoxy) is 1. The Morgan fingerprint density at radius 2 is 1.62 bits per heavy atom. The highest BCUT2D eigenvalue weighted by Gasteiger charge is 2.62. The zero-order valence-electron chi connectivity index (χ0n) is 17.7. The first-order chi connectivity index (χ1) is 15.4. The van der Waals surface area contributed by atoms with Crippen molar-refractivity contribution < 1.29 is 19.1 Å². The fourth-order valence-electron chi connectivity index (χ4n) is 5.39. The number of fused-ring (bicyclic) bond motifs is 5. The van der Waals surface area contributed by atoms with Crippen LogP contribution >= 0.6 is 11.6 Å². The second kappa shape index (κ2) is 7.75. The molecule has 3 aliphatic rings. The smallest absolute Gasteiger partial charge is 0.339 e. The Kier molecular flexibility index (Phi) is 5.01. The van der Waals surface area contributed by atoms with Gasteiger partial charge in [-0.2, -0.15) is 0 Å². The number of esters is 1. The molecular weight excluding hydrogens is 426 g/mol. The molecule has 1 heterocycles. The van der Waals surface area contributed by atoms with Crippen LogP contribution in [0.25, 0.3) is 5.57 Å². The van der Waals surface area contributed by atoms with Crippen molar-refractivity contribution in [3.05, 3.63) is 82.4 Å². The average molecular weight is 448 g/mol. The Hall–Kier alpha value is -3.18. The number of halogens is 1. The van der Waals surface area contributed by atoms with E-state index >= 15 is 0 Å². The van der Waals surface area contributed by atoms with Gasteiger partial charge in [-0.1, -0.05) is 59.7 Å². The number of anilines is 1. The topological polar surface area (TPSA) is 63.7 Å². The fourth-order valence-corrected chi connectivity index (χ4v) is 5.58. The summed E-state index contributed by atoms with van der Waals surface area (Å²) in [6.45, 7) is 3.97. The first-order valence-corrected chi connectivity index (χ1v) is 11.1. The molecule has 2 amide bonds. The lowest BCUT2D eigenvalue weighted by Crippen LogP contribution is -2.33. The molecule has 2 aromatic rings. The minimum Gasteiger partial charge on any atom is -0.462 e. The molecule has 2 bridgehead atoms. The lowest BCUT2D eigenvalue weighted by Gasteiger charge is -2.20. The Morgan fingerprint density at radius 1 is 1.00 bits per heavy atom. The quantitative estimate of drug-likeness (QED) is 0.379. The van der Waals surface area contributed by atoms with Crippen LogP contribution in [0, 0.1) is 23.7 Å². The number of carbonyl (C=O) groups excluding carboxylic acids is 3. The summed E-state index contributed by atoms with van der Waals surface area (Å²) < 4.78 is 5.05. The summed E-state index contributed by atoms with van der Waals surface area (Å²) in [7, 11) is 0. The number of hydrogen-bond acceptors (Lipinski definition) is 4. The summed E-state index contributed by atoms with van der Waals surface area (Å²) in [5, 5.41) is 0.219. The van der Waals surface area contributed by atoms with Crippen molar-refractivity contribution in [2.24, 2.45) is 23.7 Å². The molecule has 0 N–H and O–H groups in total. The van der Waals surface area contributed by atoms with Gasteiger partial charge in [0.2, 0.25) is 11.8 Å². The molecule has 2 fully saturated rings. The van der Waals surface area contributed by atoms with Crippen LogP contribution in [0.3, 0.4) is 0 Å². The summed E-state index contributed by atoms with van der Waals surface area (Å²) in [4.78, 5) is 40.4. The maximum atomic E-state index is 13.5. The van der Waals surface area contributed by atoms with Crippen molar-refractivity contribution in [2.75, 3.05) is 11.5 Å². The molecule has 5 nitrogen and oxygen atoms in total. The van der Waals surface area contributed by atoms with Gasteiger partial charge < -0.3 is 4.74 Å². The Balaban J connectivity index is 1.51. The molecule has 1 aliphatic heterocycles. The molecule has 6 heteroatoms. The number of imide groups is 1. The van der Waals surface area contributed by atoms with E-state index in [-0.39, 0.29) is 40.8 Å². The maximum Gasteiger partial charge on any atom is 0.339 e. The SMILES string of the molecule is CCOC(=O)c1cc(N2C(=O)[C@@H]3[C@H](C2=O)[C@H]2C=C[C@H]3C2=C(C)c2ccccc2)ccc1Cl. The van der Waals surface area contributed by atoms with Crippen molar-refractivity contribution in [1.29, 1.82) is 0 Å². The second-order valence-electron chi connectivity index (χ2n) is 8.33. The van der Waals surface area contributed by atoms with E-state index < -0.39 is 17.8 Å². The molecule has 0 spiro atoms. The van der Waals surface area contributed by atoms with E-state index in [1.54, 1.807) is 13.0 Å². The molecule has 1 saturated heterocycles. The molecule has 5 rings (SSSR count). The summed E-state index contributed by atoms with van der Waals surface area (Å²) in [5.74, 6) is -2.07. The highest BCUT2D eigenvalue weighted by molar-refractivity contribution is 6.34. The molecule has 0 radical (unpaired) electrons. The maximum absolute atomic E-state index is 13.5. The van der Waals surface area contributed by atoms with Crippen LogP contribution < -0.4 is 4.90 Å². The van der Waals surface area contributed by atoms with Crippen LogP contribution in [0.15, 0.2) is 66.3 Å². The molecular formula is C26H22ClNO4. The van der Waals surface area contributed by atoms with Gasteiger partial charge in [0.15, 0.2) is 0 Å². The largest absolute Gasteiger partial charge is 0.462 e. The van der Waals surface area contributed by atoms with E-state index in [9.17, 15) is 14.4 Å². The van der Waals surface area contributed by atoms with Gasteiger partial charge in [-0.05, 0) is 43.2 Å². The number of carbonyl (C=O) groups is 3. The van der Waals surface area contributed by atoms with E-state index in [0.717, 1.165) is 16.7 Å². The zero-order valence-corrected chi connectivity index (χ0v) is 18.5. The average Bonchev–Trinajstić information content (AvgIpc) is 3.44. The van der Waals surface area contributed by atoms with Gasteiger partial charge in [-0.3, -0.25) is 9.59 Å². The van der Waals surface area contributed by atoms with Gasteiger partial charge in [0.1, 0.15) is 0 Å². The minimum absolute atomic E-state index is 0.0940. The van der Waals surface area contributed by atoms with E-state index in [2.05, 4.69) is 31.2 Å². The molecule has 32 heavy (non-hydrogen) atoms. The minimum atomic E-state index is -0.580. The lowest BCUT2D eigenvalue weighted by molar-refractivity contribution is -0.122. The summed E-state index contributed by atoms with van der Waals surface area (Å²) in [5.41, 5.74) is 3.89. The highest BCUT2D eigenvalue weighted by Crippen LogP contribution is 2.58. The standard InChI is InChI=1S/C26H22ClNO4/c1-3-32-26(31)19-13-16(9-12-20(19)27)28-24(29)22-17-10-11-18(23(22)25(28)30)21(17)14(2)15-7-5-4-6-8-15/h4-13,17-18,22-23H,3H2,1-2H3/t17-,18-,22-,23+/m0/s1. The fraction of sp³-hybridized carbons (Fsp3) is 0.269. The highest BCUT2D eigenvalue weighted by atomic mass is 35.5. The van der Waals surface area contributed by atoms with Crippen molar-refractivity contribution in [1.82, 2.24) is 0 Å².